The molecule has 0 saturated carbocycles. The maximum Gasteiger partial charge on any atom is 0.237 e. The standard InChI is InChI=1S/C13H15N5OS/c1-18(9-5-3-2-4-6-9)12(19)8-20-13-16-10(14)7-11(15)17-13/h2-7H,8H2,1H3,(H4,14,15,16,17). The zero-order valence-electron chi connectivity index (χ0n) is 11.0. The van der Waals surface area contributed by atoms with Crippen LogP contribution < -0.4 is 16.4 Å². The molecule has 0 unspecified atom stereocenters. The number of rotatable bonds is 4. The van der Waals surface area contributed by atoms with Crippen LogP contribution in [0.3, 0.4) is 0 Å². The van der Waals surface area contributed by atoms with Crippen LogP contribution in [0.5, 0.6) is 0 Å². The van der Waals surface area contributed by atoms with Gasteiger partial charge in [-0.25, -0.2) is 9.97 Å². The van der Waals surface area contributed by atoms with E-state index < -0.39 is 0 Å². The van der Waals surface area contributed by atoms with Gasteiger partial charge < -0.3 is 16.4 Å². The Morgan fingerprint density at radius 1 is 1.20 bits per heavy atom. The molecule has 0 fully saturated rings. The normalized spacial score (nSPS) is 10.2. The number of para-hydroxylation sites is 1. The minimum atomic E-state index is -0.0502. The lowest BCUT2D eigenvalue weighted by molar-refractivity contribution is -0.115. The molecule has 0 bridgehead atoms. The van der Waals surface area contributed by atoms with Gasteiger partial charge in [0, 0.05) is 18.8 Å². The number of nitrogens with zero attached hydrogens (tertiary/aromatic N) is 3. The number of carbonyl (C=O) groups excluding carboxylic acids is 1. The first-order valence-corrected chi connectivity index (χ1v) is 6.89. The molecule has 7 heteroatoms. The van der Waals surface area contributed by atoms with E-state index in [0.29, 0.717) is 16.8 Å². The Hall–Kier alpha value is -2.28. The van der Waals surface area contributed by atoms with Crippen LogP contribution in [0.2, 0.25) is 0 Å². The summed E-state index contributed by atoms with van der Waals surface area (Å²) in [5.74, 6) is 0.757. The van der Waals surface area contributed by atoms with Crippen LogP contribution in [0.15, 0.2) is 41.6 Å². The summed E-state index contributed by atoms with van der Waals surface area (Å²) >= 11 is 1.21. The van der Waals surface area contributed by atoms with Crippen LogP contribution in [0, 0.1) is 0 Å². The zero-order valence-corrected chi connectivity index (χ0v) is 11.8. The van der Waals surface area contributed by atoms with Crippen molar-refractivity contribution in [3.05, 3.63) is 36.4 Å². The van der Waals surface area contributed by atoms with Crippen molar-refractivity contribution in [3.63, 3.8) is 0 Å². The SMILES string of the molecule is CN(C(=O)CSc1nc(N)cc(N)n1)c1ccccc1. The molecule has 2 rings (SSSR count). The van der Waals surface area contributed by atoms with Gasteiger partial charge in [0.1, 0.15) is 11.6 Å². The number of benzene rings is 1. The van der Waals surface area contributed by atoms with E-state index in [9.17, 15) is 4.79 Å². The smallest absolute Gasteiger partial charge is 0.237 e. The average molecular weight is 289 g/mol. The summed E-state index contributed by atoms with van der Waals surface area (Å²) in [6.45, 7) is 0. The van der Waals surface area contributed by atoms with E-state index in [4.69, 9.17) is 11.5 Å². The van der Waals surface area contributed by atoms with E-state index >= 15 is 0 Å². The second-order valence-corrected chi connectivity index (χ2v) is 5.02. The third-order valence-electron chi connectivity index (χ3n) is 2.59. The van der Waals surface area contributed by atoms with E-state index in [1.807, 2.05) is 30.3 Å². The summed E-state index contributed by atoms with van der Waals surface area (Å²) in [4.78, 5) is 21.7. The van der Waals surface area contributed by atoms with E-state index in [2.05, 4.69) is 9.97 Å². The highest BCUT2D eigenvalue weighted by molar-refractivity contribution is 7.99. The number of hydrogen-bond acceptors (Lipinski definition) is 6. The number of hydrogen-bond donors (Lipinski definition) is 2. The van der Waals surface area contributed by atoms with Crippen molar-refractivity contribution >= 4 is 35.0 Å². The first-order valence-electron chi connectivity index (χ1n) is 5.90. The maximum absolute atomic E-state index is 12.1. The van der Waals surface area contributed by atoms with Crippen molar-refractivity contribution < 1.29 is 4.79 Å². The first kappa shape index (κ1) is 14.1. The molecule has 0 aliphatic carbocycles. The Morgan fingerprint density at radius 2 is 1.80 bits per heavy atom. The van der Waals surface area contributed by atoms with Gasteiger partial charge in [0.25, 0.3) is 0 Å². The van der Waals surface area contributed by atoms with E-state index in [1.54, 1.807) is 11.9 Å². The van der Waals surface area contributed by atoms with Gasteiger partial charge in [-0.2, -0.15) is 0 Å². The molecule has 0 radical (unpaired) electrons. The van der Waals surface area contributed by atoms with Crippen molar-refractivity contribution in [1.82, 2.24) is 9.97 Å². The molecule has 0 aliphatic heterocycles. The lowest BCUT2D eigenvalue weighted by atomic mass is 10.3. The van der Waals surface area contributed by atoms with Gasteiger partial charge in [0.15, 0.2) is 5.16 Å². The minimum absolute atomic E-state index is 0.0502. The van der Waals surface area contributed by atoms with Crippen LogP contribution in [-0.4, -0.2) is 28.7 Å². The minimum Gasteiger partial charge on any atom is -0.383 e. The molecule has 1 aromatic heterocycles. The predicted octanol–water partition coefficient (Wildman–Crippen LogP) is 1.40. The average Bonchev–Trinajstić information content (AvgIpc) is 2.44. The predicted molar refractivity (Wildman–Crippen MR) is 81.4 cm³/mol. The summed E-state index contributed by atoms with van der Waals surface area (Å²) in [5, 5.41) is 0.400. The Balaban J connectivity index is 1.98. The maximum atomic E-state index is 12.1. The number of amides is 1. The molecule has 0 aliphatic rings. The van der Waals surface area contributed by atoms with Crippen LogP contribution in [0.1, 0.15) is 0 Å². The van der Waals surface area contributed by atoms with Crippen LogP contribution >= 0.6 is 11.8 Å². The van der Waals surface area contributed by atoms with Gasteiger partial charge in [-0.15, -0.1) is 0 Å². The number of thioether (sulfide) groups is 1. The summed E-state index contributed by atoms with van der Waals surface area (Å²) < 4.78 is 0. The highest BCUT2D eigenvalue weighted by atomic mass is 32.2. The number of anilines is 3. The van der Waals surface area contributed by atoms with Crippen LogP contribution in [-0.2, 0) is 4.79 Å². The van der Waals surface area contributed by atoms with Gasteiger partial charge >= 0.3 is 0 Å². The molecule has 1 aromatic carbocycles. The number of carbonyl (C=O) groups is 1. The Morgan fingerprint density at radius 3 is 2.40 bits per heavy atom. The molecular weight excluding hydrogens is 274 g/mol. The topological polar surface area (TPSA) is 98.1 Å². The van der Waals surface area contributed by atoms with E-state index in [0.717, 1.165) is 5.69 Å². The number of aromatic nitrogens is 2. The van der Waals surface area contributed by atoms with E-state index in [1.165, 1.54) is 17.8 Å². The molecule has 0 atom stereocenters. The van der Waals surface area contributed by atoms with Gasteiger partial charge in [0.2, 0.25) is 5.91 Å². The summed E-state index contributed by atoms with van der Waals surface area (Å²) in [6, 6.07) is 10.9. The fourth-order valence-corrected chi connectivity index (χ4v) is 2.33. The third-order valence-corrected chi connectivity index (χ3v) is 3.42. The molecule has 2 aromatic rings. The molecule has 0 saturated heterocycles. The molecule has 20 heavy (non-hydrogen) atoms. The second kappa shape index (κ2) is 6.25. The van der Waals surface area contributed by atoms with E-state index in [-0.39, 0.29) is 11.7 Å². The van der Waals surface area contributed by atoms with Crippen molar-refractivity contribution in [2.45, 2.75) is 5.16 Å². The molecule has 4 N–H and O–H groups in total. The van der Waals surface area contributed by atoms with Crippen molar-refractivity contribution in [3.8, 4) is 0 Å². The number of nitrogens with two attached hydrogens (primary N) is 2. The van der Waals surface area contributed by atoms with Crippen molar-refractivity contribution in [1.29, 1.82) is 0 Å². The Kier molecular flexibility index (Phi) is 4.41. The third kappa shape index (κ3) is 3.61. The molecule has 1 amide bonds. The fourth-order valence-electron chi connectivity index (χ4n) is 1.55. The Labute approximate surface area is 121 Å². The molecule has 6 nitrogen and oxygen atoms in total. The van der Waals surface area contributed by atoms with Crippen molar-refractivity contribution in [2.75, 3.05) is 29.2 Å². The Bertz CT molecular complexity index is 585. The second-order valence-electron chi connectivity index (χ2n) is 4.08. The van der Waals surface area contributed by atoms with Gasteiger partial charge in [-0.3, -0.25) is 4.79 Å². The largest absolute Gasteiger partial charge is 0.383 e. The molecular formula is C13H15N5OS. The molecule has 1 heterocycles. The highest BCUT2D eigenvalue weighted by Crippen LogP contribution is 2.18. The lowest BCUT2D eigenvalue weighted by Gasteiger charge is -2.16. The number of nitrogen functional groups attached to an aromatic ring is 2. The monoisotopic (exact) mass is 289 g/mol. The van der Waals surface area contributed by atoms with Gasteiger partial charge in [-0.1, -0.05) is 30.0 Å². The quantitative estimate of drug-likeness (QED) is 0.652. The van der Waals surface area contributed by atoms with Crippen LogP contribution in [0.25, 0.3) is 0 Å². The highest BCUT2D eigenvalue weighted by Gasteiger charge is 2.12. The lowest BCUT2D eigenvalue weighted by Crippen LogP contribution is -2.27. The summed E-state index contributed by atoms with van der Waals surface area (Å²) in [6.07, 6.45) is 0. The molecule has 0 spiro atoms. The zero-order chi connectivity index (χ0) is 14.5. The summed E-state index contributed by atoms with van der Waals surface area (Å²) in [7, 11) is 1.73. The molecule has 104 valence electrons. The first-order chi connectivity index (χ1) is 9.56. The van der Waals surface area contributed by atoms with Crippen molar-refractivity contribution in [2.24, 2.45) is 0 Å². The fraction of sp³-hybridized carbons (Fsp3) is 0.154. The summed E-state index contributed by atoms with van der Waals surface area (Å²) in [5.41, 5.74) is 12.0. The van der Waals surface area contributed by atoms with Gasteiger partial charge in [0.05, 0.1) is 5.75 Å². The van der Waals surface area contributed by atoms with Crippen LogP contribution in [0.4, 0.5) is 17.3 Å². The van der Waals surface area contributed by atoms with Gasteiger partial charge in [-0.05, 0) is 12.1 Å².